The molecule has 0 aliphatic carbocycles. The first-order valence-electron chi connectivity index (χ1n) is 10.8. The smallest absolute Gasteiger partial charge is 0.254 e. The molecule has 31 heavy (non-hydrogen) atoms. The standard InChI is InChI=1S/C26H28N2O3/c1-17(2)13-25(29)27-22-6-4-5-20(14-22)24-15-21-16-28(12-11-23(21)31-24)26(30)19-9-7-18(3)8-10-19/h4-10,14-15,17H,11-13,16H2,1-3H3,(H,27,29). The summed E-state index contributed by atoms with van der Waals surface area (Å²) in [5.74, 6) is 2.05. The van der Waals surface area contributed by atoms with Crippen LogP contribution >= 0.6 is 0 Å². The van der Waals surface area contributed by atoms with Crippen molar-refractivity contribution >= 4 is 17.5 Å². The molecule has 1 aliphatic heterocycles. The molecule has 0 atom stereocenters. The fourth-order valence-corrected chi connectivity index (χ4v) is 3.86. The Morgan fingerprint density at radius 2 is 1.87 bits per heavy atom. The molecular weight excluding hydrogens is 388 g/mol. The van der Waals surface area contributed by atoms with Crippen LogP contribution in [0.15, 0.2) is 59.0 Å². The number of carbonyl (C=O) groups excluding carboxylic acids is 2. The molecule has 4 rings (SSSR count). The topological polar surface area (TPSA) is 62.6 Å². The number of hydrogen-bond donors (Lipinski definition) is 1. The minimum Gasteiger partial charge on any atom is -0.461 e. The van der Waals surface area contributed by atoms with Gasteiger partial charge in [-0.3, -0.25) is 9.59 Å². The first-order chi connectivity index (χ1) is 14.9. The molecule has 0 radical (unpaired) electrons. The Hall–Kier alpha value is -3.34. The Morgan fingerprint density at radius 3 is 2.61 bits per heavy atom. The number of amides is 2. The van der Waals surface area contributed by atoms with Crippen LogP contribution in [-0.4, -0.2) is 23.3 Å². The minimum atomic E-state index is 0.0103. The molecule has 0 saturated carbocycles. The highest BCUT2D eigenvalue weighted by atomic mass is 16.3. The Kier molecular flexibility index (Phi) is 5.94. The maximum atomic E-state index is 12.9. The number of hydrogen-bond acceptors (Lipinski definition) is 3. The molecule has 0 saturated heterocycles. The Bertz CT molecular complexity index is 1100. The van der Waals surface area contributed by atoms with Crippen molar-refractivity contribution in [2.75, 3.05) is 11.9 Å². The zero-order valence-electron chi connectivity index (χ0n) is 18.3. The van der Waals surface area contributed by atoms with Crippen molar-refractivity contribution in [3.8, 4) is 11.3 Å². The number of furan rings is 1. The lowest BCUT2D eigenvalue weighted by Gasteiger charge is -2.26. The third-order valence-corrected chi connectivity index (χ3v) is 5.48. The van der Waals surface area contributed by atoms with Gasteiger partial charge in [0.1, 0.15) is 11.5 Å². The van der Waals surface area contributed by atoms with E-state index in [1.807, 2.05) is 80.3 Å². The zero-order chi connectivity index (χ0) is 22.0. The average molecular weight is 417 g/mol. The molecule has 1 aliphatic rings. The van der Waals surface area contributed by atoms with Crippen LogP contribution in [0.3, 0.4) is 0 Å². The summed E-state index contributed by atoms with van der Waals surface area (Å²) in [5.41, 5.74) is 4.56. The number of aryl methyl sites for hydroxylation is 1. The molecular formula is C26H28N2O3. The summed E-state index contributed by atoms with van der Waals surface area (Å²) >= 11 is 0. The van der Waals surface area contributed by atoms with Crippen LogP contribution in [-0.2, 0) is 17.8 Å². The van der Waals surface area contributed by atoms with Crippen molar-refractivity contribution in [2.45, 2.75) is 40.2 Å². The van der Waals surface area contributed by atoms with Gasteiger partial charge in [0.2, 0.25) is 5.91 Å². The lowest BCUT2D eigenvalue weighted by molar-refractivity contribution is -0.116. The van der Waals surface area contributed by atoms with Crippen molar-refractivity contribution in [1.29, 1.82) is 0 Å². The van der Waals surface area contributed by atoms with Crippen molar-refractivity contribution in [3.63, 3.8) is 0 Å². The van der Waals surface area contributed by atoms with Gasteiger partial charge >= 0.3 is 0 Å². The van der Waals surface area contributed by atoms with E-state index in [1.54, 1.807) is 0 Å². The van der Waals surface area contributed by atoms with Crippen LogP contribution in [0.1, 0.15) is 47.5 Å². The largest absolute Gasteiger partial charge is 0.461 e. The van der Waals surface area contributed by atoms with Crippen LogP contribution in [0.4, 0.5) is 5.69 Å². The lowest BCUT2D eigenvalue weighted by atomic mass is 10.1. The van der Waals surface area contributed by atoms with Gasteiger partial charge < -0.3 is 14.6 Å². The number of anilines is 1. The molecule has 0 unspecified atom stereocenters. The van der Waals surface area contributed by atoms with Gasteiger partial charge in [0, 0.05) is 48.3 Å². The van der Waals surface area contributed by atoms with E-state index in [-0.39, 0.29) is 11.8 Å². The SMILES string of the molecule is Cc1ccc(C(=O)N2CCc3oc(-c4cccc(NC(=O)CC(C)C)c4)cc3C2)cc1. The Labute approximate surface area is 183 Å². The fourth-order valence-electron chi connectivity index (χ4n) is 3.86. The monoisotopic (exact) mass is 416 g/mol. The van der Waals surface area contributed by atoms with Crippen molar-refractivity contribution in [2.24, 2.45) is 5.92 Å². The maximum absolute atomic E-state index is 12.9. The molecule has 2 heterocycles. The average Bonchev–Trinajstić information content (AvgIpc) is 3.17. The molecule has 0 bridgehead atoms. The number of nitrogens with zero attached hydrogens (tertiary/aromatic N) is 1. The number of fused-ring (bicyclic) bond motifs is 1. The minimum absolute atomic E-state index is 0.0103. The molecule has 5 nitrogen and oxygen atoms in total. The summed E-state index contributed by atoms with van der Waals surface area (Å²) in [7, 11) is 0. The number of rotatable bonds is 5. The van der Waals surface area contributed by atoms with Gasteiger partial charge in [0.15, 0.2) is 0 Å². The number of benzene rings is 2. The molecule has 3 aromatic rings. The molecule has 160 valence electrons. The Balaban J connectivity index is 1.49. The van der Waals surface area contributed by atoms with Crippen LogP contribution in [0.2, 0.25) is 0 Å². The summed E-state index contributed by atoms with van der Waals surface area (Å²) < 4.78 is 6.12. The number of nitrogens with one attached hydrogen (secondary N) is 1. The predicted octanol–water partition coefficient (Wildman–Crippen LogP) is 5.44. The molecule has 2 aromatic carbocycles. The molecule has 0 spiro atoms. The second-order valence-corrected chi connectivity index (χ2v) is 8.63. The van der Waals surface area contributed by atoms with Gasteiger partial charge in [-0.25, -0.2) is 0 Å². The Morgan fingerprint density at radius 1 is 1.10 bits per heavy atom. The summed E-state index contributed by atoms with van der Waals surface area (Å²) in [6, 6.07) is 17.4. The van der Waals surface area contributed by atoms with E-state index in [9.17, 15) is 9.59 Å². The van der Waals surface area contributed by atoms with Gasteiger partial charge in [-0.05, 0) is 43.2 Å². The van der Waals surface area contributed by atoms with Crippen LogP contribution in [0.5, 0.6) is 0 Å². The summed E-state index contributed by atoms with van der Waals surface area (Å²) in [4.78, 5) is 26.8. The third kappa shape index (κ3) is 4.88. The van der Waals surface area contributed by atoms with Crippen LogP contribution in [0, 0.1) is 12.8 Å². The van der Waals surface area contributed by atoms with E-state index in [0.717, 1.165) is 33.9 Å². The van der Waals surface area contributed by atoms with E-state index in [4.69, 9.17) is 4.42 Å². The van der Waals surface area contributed by atoms with Gasteiger partial charge in [-0.2, -0.15) is 0 Å². The molecule has 2 amide bonds. The van der Waals surface area contributed by atoms with E-state index in [2.05, 4.69) is 5.32 Å². The van der Waals surface area contributed by atoms with Gasteiger partial charge in [-0.15, -0.1) is 0 Å². The third-order valence-electron chi connectivity index (χ3n) is 5.48. The van der Waals surface area contributed by atoms with Gasteiger partial charge in [-0.1, -0.05) is 43.7 Å². The zero-order valence-corrected chi connectivity index (χ0v) is 18.3. The summed E-state index contributed by atoms with van der Waals surface area (Å²) in [6.45, 7) is 7.24. The molecule has 0 fully saturated rings. The van der Waals surface area contributed by atoms with E-state index >= 15 is 0 Å². The summed E-state index contributed by atoms with van der Waals surface area (Å²) in [6.07, 6.45) is 1.18. The van der Waals surface area contributed by atoms with Gasteiger partial charge in [0.05, 0.1) is 0 Å². The second kappa shape index (κ2) is 8.80. The fraction of sp³-hybridized carbons (Fsp3) is 0.308. The van der Waals surface area contributed by atoms with Gasteiger partial charge in [0.25, 0.3) is 5.91 Å². The van der Waals surface area contributed by atoms with Crippen molar-refractivity contribution < 1.29 is 14.0 Å². The second-order valence-electron chi connectivity index (χ2n) is 8.63. The maximum Gasteiger partial charge on any atom is 0.254 e. The van der Waals surface area contributed by atoms with E-state index in [1.165, 1.54) is 0 Å². The van der Waals surface area contributed by atoms with Crippen molar-refractivity contribution in [1.82, 2.24) is 4.90 Å². The van der Waals surface area contributed by atoms with Crippen LogP contribution in [0.25, 0.3) is 11.3 Å². The lowest BCUT2D eigenvalue weighted by Crippen LogP contribution is -2.35. The highest BCUT2D eigenvalue weighted by Gasteiger charge is 2.25. The first-order valence-corrected chi connectivity index (χ1v) is 10.8. The summed E-state index contributed by atoms with van der Waals surface area (Å²) in [5, 5.41) is 2.96. The highest BCUT2D eigenvalue weighted by molar-refractivity contribution is 5.94. The van der Waals surface area contributed by atoms with Crippen LogP contribution < -0.4 is 5.32 Å². The van der Waals surface area contributed by atoms with E-state index in [0.29, 0.717) is 37.4 Å². The molecule has 1 aromatic heterocycles. The van der Waals surface area contributed by atoms with E-state index < -0.39 is 0 Å². The molecule has 1 N–H and O–H groups in total. The van der Waals surface area contributed by atoms with Crippen molar-refractivity contribution in [3.05, 3.63) is 77.0 Å². The quantitative estimate of drug-likeness (QED) is 0.603. The normalized spacial score (nSPS) is 13.2. The molecule has 5 heteroatoms. The number of carbonyl (C=O) groups is 2. The predicted molar refractivity (Wildman–Crippen MR) is 122 cm³/mol. The first kappa shape index (κ1) is 20.9. The highest BCUT2D eigenvalue weighted by Crippen LogP contribution is 2.31.